The Hall–Kier alpha value is -2.09. The molecule has 0 aliphatic rings. The number of amides is 1. The van der Waals surface area contributed by atoms with E-state index in [1.165, 1.54) is 12.1 Å². The summed E-state index contributed by atoms with van der Waals surface area (Å²) in [7, 11) is 0. The van der Waals surface area contributed by atoms with Gasteiger partial charge in [0, 0.05) is 0 Å². The number of nitriles is 1. The molecule has 0 aromatic heterocycles. The fourth-order valence-electron chi connectivity index (χ4n) is 0.949. The molecule has 0 radical (unpaired) electrons. The predicted octanol–water partition coefficient (Wildman–Crippen LogP) is 0.952. The Morgan fingerprint density at radius 2 is 2.33 bits per heavy atom. The minimum absolute atomic E-state index is 0.00949. The number of nitrogens with two attached hydrogens (primary N) is 1. The summed E-state index contributed by atoms with van der Waals surface area (Å²) in [6.07, 6.45) is 0.0272. The number of rotatable bonds is 4. The number of carbonyl (C=O) groups excluding carboxylic acids is 1. The molecule has 5 heteroatoms. The van der Waals surface area contributed by atoms with Crippen molar-refractivity contribution in [3.63, 3.8) is 0 Å². The highest BCUT2D eigenvalue weighted by Gasteiger charge is 2.04. The molecule has 78 valence electrons. The molecule has 0 fully saturated rings. The van der Waals surface area contributed by atoms with E-state index in [1.807, 2.05) is 0 Å². The topological polar surface area (TPSA) is 76.1 Å². The van der Waals surface area contributed by atoms with Gasteiger partial charge in [0.1, 0.15) is 0 Å². The number of carbonyl (C=O) groups is 1. The molecule has 0 bridgehead atoms. The minimum Gasteiger partial charge on any atom is -0.490 e. The zero-order valence-electron chi connectivity index (χ0n) is 7.87. The van der Waals surface area contributed by atoms with Crippen LogP contribution < -0.4 is 10.5 Å². The molecule has 0 spiro atoms. The lowest BCUT2D eigenvalue weighted by Gasteiger charge is -2.05. The lowest BCUT2D eigenvalue weighted by Crippen LogP contribution is -2.14. The van der Waals surface area contributed by atoms with E-state index in [2.05, 4.69) is 0 Å². The van der Waals surface area contributed by atoms with Crippen molar-refractivity contribution in [2.24, 2.45) is 5.73 Å². The molecule has 0 atom stereocenters. The Morgan fingerprint density at radius 1 is 1.60 bits per heavy atom. The maximum atomic E-state index is 13.2. The van der Waals surface area contributed by atoms with Gasteiger partial charge in [0.05, 0.1) is 24.7 Å². The highest BCUT2D eigenvalue weighted by molar-refractivity contribution is 5.73. The SMILES string of the molecule is N#Cc1ccc(OCCC(N)=O)c(F)c1. The van der Waals surface area contributed by atoms with E-state index in [4.69, 9.17) is 15.7 Å². The number of primary amides is 1. The Labute approximate surface area is 86.1 Å². The minimum atomic E-state index is -0.626. The largest absolute Gasteiger partial charge is 0.490 e. The summed E-state index contributed by atoms with van der Waals surface area (Å²) < 4.78 is 18.1. The van der Waals surface area contributed by atoms with Gasteiger partial charge in [-0.25, -0.2) is 4.39 Å². The van der Waals surface area contributed by atoms with Gasteiger partial charge in [0.2, 0.25) is 5.91 Å². The van der Waals surface area contributed by atoms with Gasteiger partial charge in [-0.05, 0) is 18.2 Å². The van der Waals surface area contributed by atoms with Crippen molar-refractivity contribution >= 4 is 5.91 Å². The van der Waals surface area contributed by atoms with Crippen LogP contribution in [-0.4, -0.2) is 12.5 Å². The van der Waals surface area contributed by atoms with Crippen LogP contribution in [-0.2, 0) is 4.79 Å². The van der Waals surface area contributed by atoms with Gasteiger partial charge in [0.25, 0.3) is 0 Å². The fourth-order valence-corrected chi connectivity index (χ4v) is 0.949. The van der Waals surface area contributed by atoms with E-state index in [0.29, 0.717) is 0 Å². The van der Waals surface area contributed by atoms with Crippen molar-refractivity contribution in [3.05, 3.63) is 29.6 Å². The quantitative estimate of drug-likeness (QED) is 0.800. The molecule has 1 amide bonds. The molecule has 4 nitrogen and oxygen atoms in total. The summed E-state index contributed by atoms with van der Waals surface area (Å²) in [4.78, 5) is 10.4. The predicted molar refractivity (Wildman–Crippen MR) is 50.4 cm³/mol. The molecule has 0 saturated heterocycles. The third-order valence-electron chi connectivity index (χ3n) is 1.67. The molecule has 2 N–H and O–H groups in total. The van der Waals surface area contributed by atoms with E-state index in [9.17, 15) is 9.18 Å². The monoisotopic (exact) mass is 208 g/mol. The molecular formula is C10H9FN2O2. The lowest BCUT2D eigenvalue weighted by molar-refractivity contribution is -0.118. The highest BCUT2D eigenvalue weighted by atomic mass is 19.1. The molecule has 1 rings (SSSR count). The molecule has 0 unspecified atom stereocenters. The summed E-state index contributed by atoms with van der Waals surface area (Å²) in [5, 5.41) is 8.48. The van der Waals surface area contributed by atoms with E-state index in [0.717, 1.165) is 6.07 Å². The van der Waals surface area contributed by atoms with Crippen molar-refractivity contribution in [2.75, 3.05) is 6.61 Å². The van der Waals surface area contributed by atoms with Crippen LogP contribution in [0.2, 0.25) is 0 Å². The summed E-state index contributed by atoms with van der Waals surface area (Å²) in [5.41, 5.74) is 5.10. The molecule has 0 aliphatic heterocycles. The zero-order chi connectivity index (χ0) is 11.3. The normalized spacial score (nSPS) is 9.33. The second-order valence-electron chi connectivity index (χ2n) is 2.82. The van der Waals surface area contributed by atoms with Crippen LogP contribution >= 0.6 is 0 Å². The zero-order valence-corrected chi connectivity index (χ0v) is 7.87. The first kappa shape index (κ1) is 11.0. The molecular weight excluding hydrogens is 199 g/mol. The van der Waals surface area contributed by atoms with Crippen LogP contribution in [0, 0.1) is 17.1 Å². The Morgan fingerprint density at radius 3 is 2.87 bits per heavy atom. The van der Waals surface area contributed by atoms with Gasteiger partial charge < -0.3 is 10.5 Å². The maximum absolute atomic E-state index is 13.2. The first-order valence-corrected chi connectivity index (χ1v) is 4.24. The van der Waals surface area contributed by atoms with E-state index < -0.39 is 11.7 Å². The summed E-state index contributed by atoms with van der Waals surface area (Å²) in [5.74, 6) is -1.13. The van der Waals surface area contributed by atoms with Gasteiger partial charge >= 0.3 is 0 Å². The van der Waals surface area contributed by atoms with Crippen molar-refractivity contribution in [1.82, 2.24) is 0 Å². The number of hydrogen-bond donors (Lipinski definition) is 1. The Bertz CT molecular complexity index is 412. The molecule has 1 aromatic carbocycles. The van der Waals surface area contributed by atoms with E-state index in [1.54, 1.807) is 6.07 Å². The number of benzene rings is 1. The van der Waals surface area contributed by atoms with Crippen molar-refractivity contribution in [1.29, 1.82) is 5.26 Å². The third kappa shape index (κ3) is 3.27. The van der Waals surface area contributed by atoms with E-state index >= 15 is 0 Å². The number of hydrogen-bond acceptors (Lipinski definition) is 3. The van der Waals surface area contributed by atoms with Crippen LogP contribution in [0.4, 0.5) is 4.39 Å². The first-order chi connectivity index (χ1) is 7.13. The molecule has 0 heterocycles. The number of ether oxygens (including phenoxy) is 1. The average Bonchev–Trinajstić information content (AvgIpc) is 2.20. The van der Waals surface area contributed by atoms with E-state index in [-0.39, 0.29) is 24.3 Å². The van der Waals surface area contributed by atoms with Gasteiger partial charge in [-0.2, -0.15) is 5.26 Å². The van der Waals surface area contributed by atoms with Gasteiger partial charge in [-0.15, -0.1) is 0 Å². The van der Waals surface area contributed by atoms with Crippen LogP contribution in [0.3, 0.4) is 0 Å². The number of nitrogens with zero attached hydrogens (tertiary/aromatic N) is 1. The van der Waals surface area contributed by atoms with Crippen LogP contribution in [0.15, 0.2) is 18.2 Å². The summed E-state index contributed by atoms with van der Waals surface area (Å²) in [6, 6.07) is 5.64. The van der Waals surface area contributed by atoms with Crippen molar-refractivity contribution in [3.8, 4) is 11.8 Å². The second kappa shape index (κ2) is 4.96. The Balaban J connectivity index is 2.63. The van der Waals surface area contributed by atoms with Crippen LogP contribution in [0.5, 0.6) is 5.75 Å². The molecule has 0 saturated carbocycles. The van der Waals surface area contributed by atoms with Gasteiger partial charge in [-0.3, -0.25) is 4.79 Å². The fraction of sp³-hybridized carbons (Fsp3) is 0.200. The van der Waals surface area contributed by atoms with Crippen molar-refractivity contribution in [2.45, 2.75) is 6.42 Å². The average molecular weight is 208 g/mol. The van der Waals surface area contributed by atoms with Gasteiger partial charge in [-0.1, -0.05) is 0 Å². The lowest BCUT2D eigenvalue weighted by atomic mass is 10.2. The molecule has 15 heavy (non-hydrogen) atoms. The maximum Gasteiger partial charge on any atom is 0.220 e. The van der Waals surface area contributed by atoms with Crippen molar-refractivity contribution < 1.29 is 13.9 Å². The smallest absolute Gasteiger partial charge is 0.220 e. The third-order valence-corrected chi connectivity index (χ3v) is 1.67. The Kier molecular flexibility index (Phi) is 3.63. The first-order valence-electron chi connectivity index (χ1n) is 4.24. The highest BCUT2D eigenvalue weighted by Crippen LogP contribution is 2.17. The number of halogens is 1. The molecule has 0 aliphatic carbocycles. The molecule has 1 aromatic rings. The second-order valence-corrected chi connectivity index (χ2v) is 2.82. The van der Waals surface area contributed by atoms with Crippen LogP contribution in [0.25, 0.3) is 0 Å². The van der Waals surface area contributed by atoms with Gasteiger partial charge in [0.15, 0.2) is 11.6 Å². The summed E-state index contributed by atoms with van der Waals surface area (Å²) >= 11 is 0. The standard InChI is InChI=1S/C10H9FN2O2/c11-8-5-7(6-12)1-2-9(8)15-4-3-10(13)14/h1-2,5H,3-4H2,(H2,13,14). The summed E-state index contributed by atoms with van der Waals surface area (Å²) in [6.45, 7) is 0.0259. The van der Waals surface area contributed by atoms with Crippen LogP contribution in [0.1, 0.15) is 12.0 Å².